The van der Waals surface area contributed by atoms with Crippen molar-refractivity contribution in [1.29, 1.82) is 0 Å². The van der Waals surface area contributed by atoms with Crippen LogP contribution in [-0.4, -0.2) is 24.1 Å². The topological polar surface area (TPSA) is 59.4 Å². The van der Waals surface area contributed by atoms with E-state index in [4.69, 9.17) is 9.72 Å². The highest BCUT2D eigenvalue weighted by atomic mass is 32.1. The van der Waals surface area contributed by atoms with Crippen molar-refractivity contribution in [3.8, 4) is 16.2 Å². The van der Waals surface area contributed by atoms with E-state index < -0.39 is 0 Å². The van der Waals surface area contributed by atoms with Crippen LogP contribution < -0.4 is 15.2 Å². The van der Waals surface area contributed by atoms with Crippen molar-refractivity contribution >= 4 is 21.6 Å². The Labute approximate surface area is 173 Å². The zero-order valence-corrected chi connectivity index (χ0v) is 17.6. The second kappa shape index (κ2) is 8.19. The number of aromatic amines is 1. The summed E-state index contributed by atoms with van der Waals surface area (Å²) in [6.07, 6.45) is 0. The molecule has 2 heterocycles. The van der Waals surface area contributed by atoms with Crippen molar-refractivity contribution in [2.45, 2.75) is 20.0 Å². The first-order valence-corrected chi connectivity index (χ1v) is 10.4. The normalized spacial score (nSPS) is 12.2. The molecule has 5 nitrogen and oxygen atoms in total. The van der Waals surface area contributed by atoms with Crippen LogP contribution in [0.5, 0.6) is 5.75 Å². The molecule has 29 heavy (non-hydrogen) atoms. The first-order valence-electron chi connectivity index (χ1n) is 9.56. The molecule has 0 bridgehead atoms. The summed E-state index contributed by atoms with van der Waals surface area (Å²) in [5.74, 6) is 1.59. The number of nitrogens with zero attached hydrogens (tertiary/aromatic N) is 1. The number of quaternary nitrogens is 1. The standard InChI is InChI=1S/C23H23N3O2S/c1-15-9-10-19(28-3)17(11-15)13-26(2)14-21-24-22(27)18-12-20(29-23(18)25-21)16-7-5-4-6-8-16/h4-12H,13-14H2,1-3H3,(H,24,25,27)/p+1. The molecule has 2 aromatic carbocycles. The summed E-state index contributed by atoms with van der Waals surface area (Å²) >= 11 is 1.56. The van der Waals surface area contributed by atoms with Gasteiger partial charge in [-0.3, -0.25) is 4.79 Å². The number of methoxy groups -OCH3 is 1. The Balaban J connectivity index is 1.58. The summed E-state index contributed by atoms with van der Waals surface area (Å²) < 4.78 is 5.49. The van der Waals surface area contributed by atoms with Crippen LogP contribution >= 0.6 is 11.3 Å². The fourth-order valence-electron chi connectivity index (χ4n) is 3.52. The lowest BCUT2D eigenvalue weighted by atomic mass is 10.1. The summed E-state index contributed by atoms with van der Waals surface area (Å²) in [6, 6.07) is 18.2. The maximum absolute atomic E-state index is 12.6. The second-order valence-electron chi connectivity index (χ2n) is 7.33. The highest BCUT2D eigenvalue weighted by Gasteiger charge is 2.14. The van der Waals surface area contributed by atoms with Gasteiger partial charge in [0, 0.05) is 10.4 Å². The highest BCUT2D eigenvalue weighted by molar-refractivity contribution is 7.21. The SMILES string of the molecule is COc1ccc(C)cc1C[NH+](C)Cc1nc2sc(-c3ccccc3)cc2c(=O)[nH]1. The van der Waals surface area contributed by atoms with E-state index in [-0.39, 0.29) is 5.56 Å². The van der Waals surface area contributed by atoms with E-state index in [1.165, 1.54) is 10.5 Å². The van der Waals surface area contributed by atoms with Gasteiger partial charge in [-0.05, 0) is 30.7 Å². The fourth-order valence-corrected chi connectivity index (χ4v) is 4.58. The molecular formula is C23H24N3O2S+. The van der Waals surface area contributed by atoms with Crippen molar-refractivity contribution in [1.82, 2.24) is 9.97 Å². The van der Waals surface area contributed by atoms with Crippen LogP contribution in [0.4, 0.5) is 0 Å². The minimum absolute atomic E-state index is 0.0793. The predicted molar refractivity (Wildman–Crippen MR) is 118 cm³/mol. The molecule has 0 radical (unpaired) electrons. The minimum atomic E-state index is -0.0793. The molecule has 2 aromatic heterocycles. The number of ether oxygens (including phenoxy) is 1. The number of fused-ring (bicyclic) bond motifs is 1. The molecule has 2 N–H and O–H groups in total. The Morgan fingerprint density at radius 3 is 2.66 bits per heavy atom. The molecule has 0 aliphatic carbocycles. The molecule has 0 amide bonds. The van der Waals surface area contributed by atoms with Gasteiger partial charge in [0.1, 0.15) is 23.7 Å². The summed E-state index contributed by atoms with van der Waals surface area (Å²) in [6.45, 7) is 3.49. The molecule has 0 spiro atoms. The summed E-state index contributed by atoms with van der Waals surface area (Å²) in [5.41, 5.74) is 3.37. The van der Waals surface area contributed by atoms with Gasteiger partial charge in [0.2, 0.25) is 0 Å². The molecule has 0 aliphatic heterocycles. The third-order valence-corrected chi connectivity index (χ3v) is 5.99. The lowest BCUT2D eigenvalue weighted by Crippen LogP contribution is -3.06. The second-order valence-corrected chi connectivity index (χ2v) is 8.36. The van der Waals surface area contributed by atoms with Crippen LogP contribution in [0.2, 0.25) is 0 Å². The number of hydrogen-bond acceptors (Lipinski definition) is 4. The third-order valence-electron chi connectivity index (χ3n) is 4.91. The van der Waals surface area contributed by atoms with Gasteiger partial charge in [-0.15, -0.1) is 11.3 Å². The van der Waals surface area contributed by atoms with E-state index in [2.05, 4.69) is 25.0 Å². The fraction of sp³-hybridized carbons (Fsp3) is 0.217. The van der Waals surface area contributed by atoms with Crippen molar-refractivity contribution in [3.05, 3.63) is 81.9 Å². The van der Waals surface area contributed by atoms with Gasteiger partial charge in [-0.25, -0.2) is 4.98 Å². The molecule has 0 aliphatic rings. The van der Waals surface area contributed by atoms with E-state index in [0.717, 1.165) is 33.1 Å². The van der Waals surface area contributed by atoms with E-state index in [0.29, 0.717) is 17.8 Å². The molecular weight excluding hydrogens is 382 g/mol. The summed E-state index contributed by atoms with van der Waals surface area (Å²) in [5, 5.41) is 0.649. The van der Waals surface area contributed by atoms with Gasteiger partial charge in [-0.1, -0.05) is 42.0 Å². The first-order chi connectivity index (χ1) is 14.0. The van der Waals surface area contributed by atoms with Crippen molar-refractivity contribution in [2.75, 3.05) is 14.2 Å². The number of aryl methyl sites for hydroxylation is 1. The van der Waals surface area contributed by atoms with Gasteiger partial charge >= 0.3 is 0 Å². The van der Waals surface area contributed by atoms with Gasteiger partial charge in [0.25, 0.3) is 5.56 Å². The van der Waals surface area contributed by atoms with Gasteiger partial charge in [0.15, 0.2) is 5.82 Å². The molecule has 6 heteroatoms. The van der Waals surface area contributed by atoms with E-state index >= 15 is 0 Å². The molecule has 1 atom stereocenters. The van der Waals surface area contributed by atoms with Crippen molar-refractivity contribution in [3.63, 3.8) is 0 Å². The van der Waals surface area contributed by atoms with Crippen LogP contribution in [0.15, 0.2) is 59.4 Å². The van der Waals surface area contributed by atoms with Crippen LogP contribution in [0, 0.1) is 6.92 Å². The lowest BCUT2D eigenvalue weighted by Gasteiger charge is -2.16. The van der Waals surface area contributed by atoms with E-state index in [1.807, 2.05) is 48.5 Å². The maximum atomic E-state index is 12.6. The quantitative estimate of drug-likeness (QED) is 0.517. The number of nitrogens with one attached hydrogen (secondary N) is 2. The first kappa shape index (κ1) is 19.4. The highest BCUT2D eigenvalue weighted by Crippen LogP contribution is 2.30. The number of H-pyrrole nitrogens is 1. The molecule has 4 rings (SSSR count). The largest absolute Gasteiger partial charge is 0.496 e. The molecule has 4 aromatic rings. The maximum Gasteiger partial charge on any atom is 0.259 e. The van der Waals surface area contributed by atoms with Crippen LogP contribution in [-0.2, 0) is 13.1 Å². The van der Waals surface area contributed by atoms with Crippen LogP contribution in [0.3, 0.4) is 0 Å². The third kappa shape index (κ3) is 4.23. The number of benzene rings is 2. The van der Waals surface area contributed by atoms with Crippen LogP contribution in [0.25, 0.3) is 20.7 Å². The molecule has 148 valence electrons. The van der Waals surface area contributed by atoms with E-state index in [1.54, 1.807) is 18.4 Å². The molecule has 1 unspecified atom stereocenters. The Hall–Kier alpha value is -2.96. The van der Waals surface area contributed by atoms with Crippen molar-refractivity contribution < 1.29 is 9.64 Å². The average molecular weight is 407 g/mol. The number of rotatable bonds is 6. The van der Waals surface area contributed by atoms with Gasteiger partial charge in [-0.2, -0.15) is 0 Å². The Bertz CT molecular complexity index is 1200. The Kier molecular flexibility index (Phi) is 5.47. The minimum Gasteiger partial charge on any atom is -0.496 e. The van der Waals surface area contributed by atoms with Gasteiger partial charge in [0.05, 0.1) is 19.5 Å². The molecule has 0 fully saturated rings. The van der Waals surface area contributed by atoms with Crippen LogP contribution in [0.1, 0.15) is 17.0 Å². The summed E-state index contributed by atoms with van der Waals surface area (Å²) in [7, 11) is 3.79. The Morgan fingerprint density at radius 2 is 1.90 bits per heavy atom. The zero-order valence-electron chi connectivity index (χ0n) is 16.8. The smallest absolute Gasteiger partial charge is 0.259 e. The number of hydrogen-bond donors (Lipinski definition) is 2. The number of aromatic nitrogens is 2. The van der Waals surface area contributed by atoms with Gasteiger partial charge < -0.3 is 14.6 Å². The lowest BCUT2D eigenvalue weighted by molar-refractivity contribution is -0.908. The monoisotopic (exact) mass is 406 g/mol. The average Bonchev–Trinajstić information content (AvgIpc) is 3.13. The summed E-state index contributed by atoms with van der Waals surface area (Å²) in [4.78, 5) is 23.4. The van der Waals surface area contributed by atoms with E-state index in [9.17, 15) is 4.79 Å². The Morgan fingerprint density at radius 1 is 1.10 bits per heavy atom. The molecule has 0 saturated carbocycles. The van der Waals surface area contributed by atoms with Crippen molar-refractivity contribution in [2.24, 2.45) is 0 Å². The zero-order chi connectivity index (χ0) is 20.4. The number of thiophene rings is 1. The molecule has 0 saturated heterocycles. The predicted octanol–water partition coefficient (Wildman–Crippen LogP) is 3.18.